The molecule has 3 N–H and O–H groups in total. The van der Waals surface area contributed by atoms with Gasteiger partial charge in [0.2, 0.25) is 5.91 Å². The molecule has 2 aliphatic rings. The van der Waals surface area contributed by atoms with Crippen LogP contribution in [0.15, 0.2) is 24.3 Å². The number of amides is 1. The summed E-state index contributed by atoms with van der Waals surface area (Å²) >= 11 is 0. The number of benzene rings is 1. The third-order valence-electron chi connectivity index (χ3n) is 4.51. The molecule has 0 bridgehead atoms. The summed E-state index contributed by atoms with van der Waals surface area (Å²) in [5.74, 6) is 0.0756. The first-order valence-electron chi connectivity index (χ1n) is 7.56. The molecule has 3 atom stereocenters. The molecule has 3 nitrogen and oxygen atoms in total. The average molecular weight is 349 g/mol. The Hall–Kier alpha value is -1.27. The van der Waals surface area contributed by atoms with Gasteiger partial charge in [0.15, 0.2) is 0 Å². The fraction of sp³-hybridized carbons (Fsp3) is 0.562. The Labute approximate surface area is 139 Å². The smallest absolute Gasteiger partial charge is 0.354 e. The van der Waals surface area contributed by atoms with Gasteiger partial charge in [-0.3, -0.25) is 4.79 Å². The molecule has 0 saturated heterocycles. The molecule has 0 aliphatic heterocycles. The Kier molecular flexibility index (Phi) is 5.26. The standard InChI is InChI=1S/C16H19F3N2O.ClH/c17-16(18,19)11-3-1-2-10(6-11)12-7-13(12)15(22)21-8-14(20)9-4-5-9;/h1-3,6,9,12-14H,4-5,7-8,20H2,(H,21,22);1H. The minimum atomic E-state index is -4.35. The van der Waals surface area contributed by atoms with Crippen LogP contribution in [-0.4, -0.2) is 18.5 Å². The van der Waals surface area contributed by atoms with E-state index in [0.29, 0.717) is 24.4 Å². The summed E-state index contributed by atoms with van der Waals surface area (Å²) in [7, 11) is 0. The van der Waals surface area contributed by atoms with Gasteiger partial charge < -0.3 is 11.1 Å². The van der Waals surface area contributed by atoms with E-state index in [9.17, 15) is 18.0 Å². The van der Waals surface area contributed by atoms with E-state index in [-0.39, 0.29) is 36.2 Å². The molecule has 0 aromatic heterocycles. The monoisotopic (exact) mass is 348 g/mol. The SMILES string of the molecule is Cl.NC(CNC(=O)C1CC1c1cccc(C(F)(F)F)c1)C1CC1. The Morgan fingerprint density at radius 1 is 1.35 bits per heavy atom. The Bertz CT molecular complexity index is 575. The fourth-order valence-electron chi connectivity index (χ4n) is 2.84. The zero-order valence-corrected chi connectivity index (χ0v) is 13.3. The Morgan fingerprint density at radius 2 is 2.04 bits per heavy atom. The normalized spacial score (nSPS) is 24.5. The molecule has 2 aliphatic carbocycles. The first-order valence-corrected chi connectivity index (χ1v) is 7.56. The molecule has 3 unspecified atom stereocenters. The van der Waals surface area contributed by atoms with Crippen molar-refractivity contribution in [3.05, 3.63) is 35.4 Å². The number of hydrogen-bond donors (Lipinski definition) is 2. The molecule has 3 rings (SSSR count). The summed E-state index contributed by atoms with van der Waals surface area (Å²) in [6, 6.07) is 5.25. The topological polar surface area (TPSA) is 55.1 Å². The zero-order valence-electron chi connectivity index (χ0n) is 12.5. The van der Waals surface area contributed by atoms with Gasteiger partial charge in [-0.25, -0.2) is 0 Å². The van der Waals surface area contributed by atoms with Crippen LogP contribution in [0.5, 0.6) is 0 Å². The van der Waals surface area contributed by atoms with Crippen molar-refractivity contribution in [2.24, 2.45) is 17.6 Å². The number of hydrogen-bond acceptors (Lipinski definition) is 2. The van der Waals surface area contributed by atoms with Crippen LogP contribution in [0.25, 0.3) is 0 Å². The number of nitrogens with two attached hydrogens (primary N) is 1. The van der Waals surface area contributed by atoms with E-state index in [1.165, 1.54) is 6.07 Å². The predicted molar refractivity (Wildman–Crippen MR) is 83.2 cm³/mol. The van der Waals surface area contributed by atoms with Gasteiger partial charge >= 0.3 is 6.18 Å². The summed E-state index contributed by atoms with van der Waals surface area (Å²) < 4.78 is 38.1. The first kappa shape index (κ1) is 18.1. The van der Waals surface area contributed by atoms with Gasteiger partial charge in [-0.1, -0.05) is 18.2 Å². The van der Waals surface area contributed by atoms with Crippen LogP contribution in [0.4, 0.5) is 13.2 Å². The lowest BCUT2D eigenvalue weighted by Crippen LogP contribution is -2.39. The molecule has 1 amide bonds. The second-order valence-corrected chi connectivity index (χ2v) is 6.32. The highest BCUT2D eigenvalue weighted by Gasteiger charge is 2.44. The van der Waals surface area contributed by atoms with Crippen molar-refractivity contribution in [2.75, 3.05) is 6.54 Å². The van der Waals surface area contributed by atoms with Crippen molar-refractivity contribution in [1.82, 2.24) is 5.32 Å². The third kappa shape index (κ3) is 4.38. The van der Waals surface area contributed by atoms with Gasteiger partial charge in [-0.05, 0) is 42.7 Å². The zero-order chi connectivity index (χ0) is 15.9. The lowest BCUT2D eigenvalue weighted by Gasteiger charge is -2.12. The van der Waals surface area contributed by atoms with E-state index in [1.54, 1.807) is 6.07 Å². The van der Waals surface area contributed by atoms with Crippen molar-refractivity contribution in [3.8, 4) is 0 Å². The summed E-state index contributed by atoms with van der Waals surface area (Å²) in [4.78, 5) is 12.0. The predicted octanol–water partition coefficient (Wildman–Crippen LogP) is 3.08. The molecule has 2 saturated carbocycles. The fourth-order valence-corrected chi connectivity index (χ4v) is 2.84. The number of rotatable bonds is 5. The van der Waals surface area contributed by atoms with Gasteiger partial charge in [0.05, 0.1) is 5.56 Å². The highest BCUT2D eigenvalue weighted by Crippen LogP contribution is 2.48. The van der Waals surface area contributed by atoms with Crippen LogP contribution < -0.4 is 11.1 Å². The maximum Gasteiger partial charge on any atom is 0.416 e. The maximum atomic E-state index is 12.7. The van der Waals surface area contributed by atoms with Crippen molar-refractivity contribution in [1.29, 1.82) is 0 Å². The summed E-state index contributed by atoms with van der Waals surface area (Å²) in [6.45, 7) is 0.454. The highest BCUT2D eigenvalue weighted by atomic mass is 35.5. The third-order valence-corrected chi connectivity index (χ3v) is 4.51. The highest BCUT2D eigenvalue weighted by molar-refractivity contribution is 5.85. The van der Waals surface area contributed by atoms with Crippen LogP contribution in [0.2, 0.25) is 0 Å². The second-order valence-electron chi connectivity index (χ2n) is 6.32. The number of nitrogens with one attached hydrogen (secondary N) is 1. The molecule has 128 valence electrons. The van der Waals surface area contributed by atoms with E-state index in [4.69, 9.17) is 5.73 Å². The second kappa shape index (κ2) is 6.69. The maximum absolute atomic E-state index is 12.7. The van der Waals surface area contributed by atoms with Crippen molar-refractivity contribution < 1.29 is 18.0 Å². The van der Waals surface area contributed by atoms with Crippen LogP contribution >= 0.6 is 12.4 Å². The van der Waals surface area contributed by atoms with Crippen molar-refractivity contribution >= 4 is 18.3 Å². The van der Waals surface area contributed by atoms with E-state index in [2.05, 4.69) is 5.32 Å². The van der Waals surface area contributed by atoms with Crippen LogP contribution in [0.1, 0.15) is 36.3 Å². The van der Waals surface area contributed by atoms with Gasteiger partial charge in [-0.2, -0.15) is 13.2 Å². The number of alkyl halides is 3. The van der Waals surface area contributed by atoms with Crippen molar-refractivity contribution in [3.63, 3.8) is 0 Å². The Morgan fingerprint density at radius 3 is 2.65 bits per heavy atom. The van der Waals surface area contributed by atoms with Gasteiger partial charge in [0.25, 0.3) is 0 Å². The molecule has 0 heterocycles. The van der Waals surface area contributed by atoms with Gasteiger partial charge in [-0.15, -0.1) is 12.4 Å². The molecule has 1 aromatic carbocycles. The van der Waals surface area contributed by atoms with Crippen molar-refractivity contribution in [2.45, 2.75) is 37.4 Å². The molecule has 0 radical (unpaired) electrons. The van der Waals surface area contributed by atoms with E-state index in [0.717, 1.165) is 25.0 Å². The largest absolute Gasteiger partial charge is 0.416 e. The van der Waals surface area contributed by atoms with E-state index < -0.39 is 11.7 Å². The Balaban J connectivity index is 0.00000192. The average Bonchev–Trinajstić information content (AvgIpc) is 3.36. The van der Waals surface area contributed by atoms with E-state index in [1.807, 2.05) is 0 Å². The molecule has 1 aromatic rings. The minimum absolute atomic E-state index is 0. The molecule has 0 spiro atoms. The summed E-state index contributed by atoms with van der Waals surface area (Å²) in [6.07, 6.45) is -1.51. The lowest BCUT2D eigenvalue weighted by molar-refractivity contribution is -0.137. The van der Waals surface area contributed by atoms with Gasteiger partial charge in [0.1, 0.15) is 0 Å². The molecular weight excluding hydrogens is 329 g/mol. The van der Waals surface area contributed by atoms with Crippen LogP contribution in [-0.2, 0) is 11.0 Å². The molecular formula is C16H20ClF3N2O. The number of carbonyl (C=O) groups excluding carboxylic acids is 1. The first-order chi connectivity index (χ1) is 10.4. The summed E-state index contributed by atoms with van der Waals surface area (Å²) in [5.41, 5.74) is 5.85. The molecule has 2 fully saturated rings. The molecule has 23 heavy (non-hydrogen) atoms. The van der Waals surface area contributed by atoms with E-state index >= 15 is 0 Å². The number of carbonyl (C=O) groups is 1. The molecule has 7 heteroatoms. The number of halogens is 4. The van der Waals surface area contributed by atoms with Crippen LogP contribution in [0.3, 0.4) is 0 Å². The van der Waals surface area contributed by atoms with Crippen LogP contribution in [0, 0.1) is 11.8 Å². The lowest BCUT2D eigenvalue weighted by atomic mass is 10.1. The summed E-state index contributed by atoms with van der Waals surface area (Å²) in [5, 5.41) is 2.82. The quantitative estimate of drug-likeness (QED) is 0.859. The van der Waals surface area contributed by atoms with Gasteiger partial charge in [0, 0.05) is 18.5 Å². The minimum Gasteiger partial charge on any atom is -0.354 e.